The van der Waals surface area contributed by atoms with Crippen molar-refractivity contribution in [3.63, 3.8) is 0 Å². The van der Waals surface area contributed by atoms with E-state index in [9.17, 15) is 4.79 Å². The van der Waals surface area contributed by atoms with Crippen molar-refractivity contribution in [1.29, 1.82) is 0 Å². The zero-order chi connectivity index (χ0) is 17.6. The molecule has 1 unspecified atom stereocenters. The molecule has 2 aromatic rings. The van der Waals surface area contributed by atoms with Crippen molar-refractivity contribution in [2.45, 2.75) is 44.6 Å². The first kappa shape index (κ1) is 17.3. The number of hydrogen-bond donors (Lipinski definition) is 2. The third-order valence-electron chi connectivity index (χ3n) is 4.60. The summed E-state index contributed by atoms with van der Waals surface area (Å²) in [7, 11) is 1.67. The molecular formula is C21H26N2O2. The van der Waals surface area contributed by atoms with Crippen molar-refractivity contribution in [3.8, 4) is 5.75 Å². The molecule has 0 saturated heterocycles. The van der Waals surface area contributed by atoms with Crippen LogP contribution in [-0.4, -0.2) is 19.2 Å². The van der Waals surface area contributed by atoms with E-state index in [4.69, 9.17) is 4.74 Å². The third kappa shape index (κ3) is 5.24. The van der Waals surface area contributed by atoms with Gasteiger partial charge in [-0.2, -0.15) is 0 Å². The molecule has 4 heteroatoms. The maximum atomic E-state index is 12.2. The van der Waals surface area contributed by atoms with Gasteiger partial charge in [0.15, 0.2) is 0 Å². The van der Waals surface area contributed by atoms with Gasteiger partial charge in [-0.3, -0.25) is 0 Å². The van der Waals surface area contributed by atoms with Gasteiger partial charge in [0.25, 0.3) is 0 Å². The predicted octanol–water partition coefficient (Wildman–Crippen LogP) is 4.72. The molecule has 25 heavy (non-hydrogen) atoms. The molecule has 0 aromatic heterocycles. The summed E-state index contributed by atoms with van der Waals surface area (Å²) in [6.07, 6.45) is 4.33. The highest BCUT2D eigenvalue weighted by molar-refractivity contribution is 5.89. The second-order valence-corrected chi connectivity index (χ2v) is 6.79. The van der Waals surface area contributed by atoms with Crippen LogP contribution < -0.4 is 15.4 Å². The van der Waals surface area contributed by atoms with Crippen molar-refractivity contribution in [2.75, 3.05) is 12.4 Å². The number of ether oxygens (including phenoxy) is 1. The summed E-state index contributed by atoms with van der Waals surface area (Å²) in [6.45, 7) is 2.03. The quantitative estimate of drug-likeness (QED) is 0.768. The topological polar surface area (TPSA) is 50.4 Å². The van der Waals surface area contributed by atoms with Crippen LogP contribution in [0.15, 0.2) is 48.5 Å². The number of benzene rings is 2. The monoisotopic (exact) mass is 338 g/mol. The summed E-state index contributed by atoms with van der Waals surface area (Å²) in [5, 5.41) is 5.95. The van der Waals surface area contributed by atoms with Crippen molar-refractivity contribution in [1.82, 2.24) is 5.32 Å². The predicted molar refractivity (Wildman–Crippen MR) is 101 cm³/mol. The number of hydrogen-bond acceptors (Lipinski definition) is 2. The minimum Gasteiger partial charge on any atom is -0.497 e. The highest BCUT2D eigenvalue weighted by atomic mass is 16.5. The molecule has 0 bridgehead atoms. The van der Waals surface area contributed by atoms with E-state index in [0.717, 1.165) is 24.3 Å². The van der Waals surface area contributed by atoms with Gasteiger partial charge >= 0.3 is 6.03 Å². The van der Waals surface area contributed by atoms with Gasteiger partial charge < -0.3 is 15.4 Å². The Balaban J connectivity index is 1.44. The minimum absolute atomic E-state index is 0.105. The fourth-order valence-electron chi connectivity index (χ4n) is 2.93. The maximum absolute atomic E-state index is 12.2. The van der Waals surface area contributed by atoms with Crippen LogP contribution in [0.5, 0.6) is 5.75 Å². The summed E-state index contributed by atoms with van der Waals surface area (Å²) in [4.78, 5) is 12.2. The number of carbonyl (C=O) groups is 1. The van der Waals surface area contributed by atoms with Crippen LogP contribution in [0.3, 0.4) is 0 Å². The van der Waals surface area contributed by atoms with E-state index >= 15 is 0 Å². The second-order valence-electron chi connectivity index (χ2n) is 6.79. The molecule has 132 valence electrons. The molecule has 1 fully saturated rings. The highest BCUT2D eigenvalue weighted by Crippen LogP contribution is 2.40. The normalized spacial score (nSPS) is 14.6. The second kappa shape index (κ2) is 8.06. The van der Waals surface area contributed by atoms with Crippen LogP contribution in [0, 0.1) is 0 Å². The van der Waals surface area contributed by atoms with Gasteiger partial charge in [0.05, 0.1) is 7.11 Å². The number of nitrogens with one attached hydrogen (secondary N) is 2. The van der Waals surface area contributed by atoms with Crippen molar-refractivity contribution in [3.05, 3.63) is 59.7 Å². The van der Waals surface area contributed by atoms with E-state index in [1.807, 2.05) is 31.2 Å². The number of urea groups is 1. The summed E-state index contributed by atoms with van der Waals surface area (Å²) in [5.41, 5.74) is 3.43. The number of rotatable bonds is 7. The van der Waals surface area contributed by atoms with Gasteiger partial charge in [-0.05, 0) is 73.9 Å². The Morgan fingerprint density at radius 2 is 1.96 bits per heavy atom. The van der Waals surface area contributed by atoms with Gasteiger partial charge in [-0.1, -0.05) is 24.3 Å². The van der Waals surface area contributed by atoms with E-state index in [1.54, 1.807) is 7.11 Å². The zero-order valence-electron chi connectivity index (χ0n) is 14.9. The van der Waals surface area contributed by atoms with E-state index < -0.39 is 0 Å². The molecule has 4 nitrogen and oxygen atoms in total. The third-order valence-corrected chi connectivity index (χ3v) is 4.60. The molecule has 0 spiro atoms. The highest BCUT2D eigenvalue weighted by Gasteiger charge is 2.23. The van der Waals surface area contributed by atoms with Gasteiger partial charge in [0.2, 0.25) is 0 Å². The van der Waals surface area contributed by atoms with E-state index in [2.05, 4.69) is 34.9 Å². The van der Waals surface area contributed by atoms with Crippen molar-refractivity contribution < 1.29 is 9.53 Å². The summed E-state index contributed by atoms with van der Waals surface area (Å²) >= 11 is 0. The molecule has 0 heterocycles. The summed E-state index contributed by atoms with van der Waals surface area (Å²) in [5.74, 6) is 1.55. The number of carbonyl (C=O) groups excluding carboxylic acids is 1. The minimum atomic E-state index is -0.143. The molecular weight excluding hydrogens is 312 g/mol. The molecule has 2 aromatic carbocycles. The van der Waals surface area contributed by atoms with Crippen molar-refractivity contribution in [2.24, 2.45) is 0 Å². The molecule has 1 aliphatic rings. The lowest BCUT2D eigenvalue weighted by Gasteiger charge is -2.15. The van der Waals surface area contributed by atoms with Gasteiger partial charge in [-0.15, -0.1) is 0 Å². The molecule has 3 rings (SSSR count). The Morgan fingerprint density at radius 3 is 2.64 bits per heavy atom. The maximum Gasteiger partial charge on any atom is 0.319 e. The van der Waals surface area contributed by atoms with Crippen LogP contribution in [0.2, 0.25) is 0 Å². The van der Waals surface area contributed by atoms with Crippen LogP contribution >= 0.6 is 0 Å². The standard InChI is InChI=1S/C21H26N2O2/c1-15(6-7-16-8-12-20(25-2)13-9-16)22-21(24)23-19-5-3-4-18(14-19)17-10-11-17/h3-5,8-9,12-15,17H,6-7,10-11H2,1-2H3,(H2,22,23,24). The van der Waals surface area contributed by atoms with E-state index in [-0.39, 0.29) is 12.1 Å². The average molecular weight is 338 g/mol. The molecule has 1 saturated carbocycles. The van der Waals surface area contributed by atoms with Crippen LogP contribution in [0.4, 0.5) is 10.5 Å². The Bertz CT molecular complexity index is 708. The SMILES string of the molecule is COc1ccc(CCC(C)NC(=O)Nc2cccc(C3CC3)c2)cc1. The molecule has 1 aliphatic carbocycles. The first-order valence-corrected chi connectivity index (χ1v) is 8.94. The van der Waals surface area contributed by atoms with Gasteiger partial charge in [-0.25, -0.2) is 4.79 Å². The molecule has 0 aliphatic heterocycles. The average Bonchev–Trinajstić information content (AvgIpc) is 3.45. The van der Waals surface area contributed by atoms with Crippen LogP contribution in [0.25, 0.3) is 0 Å². The largest absolute Gasteiger partial charge is 0.497 e. The zero-order valence-corrected chi connectivity index (χ0v) is 14.9. The van der Waals surface area contributed by atoms with Gasteiger partial charge in [0.1, 0.15) is 5.75 Å². The smallest absolute Gasteiger partial charge is 0.319 e. The molecule has 2 N–H and O–H groups in total. The summed E-state index contributed by atoms with van der Waals surface area (Å²) in [6, 6.07) is 16.2. The fourth-order valence-corrected chi connectivity index (χ4v) is 2.93. The lowest BCUT2D eigenvalue weighted by atomic mass is 10.1. The molecule has 1 atom stereocenters. The fraction of sp³-hybridized carbons (Fsp3) is 0.381. The van der Waals surface area contributed by atoms with Crippen LogP contribution in [0.1, 0.15) is 43.2 Å². The molecule has 2 amide bonds. The Kier molecular flexibility index (Phi) is 5.59. The number of aryl methyl sites for hydroxylation is 1. The van der Waals surface area contributed by atoms with Crippen LogP contribution in [-0.2, 0) is 6.42 Å². The van der Waals surface area contributed by atoms with E-state index in [1.165, 1.54) is 24.0 Å². The van der Waals surface area contributed by atoms with E-state index in [0.29, 0.717) is 5.92 Å². The lowest BCUT2D eigenvalue weighted by molar-refractivity contribution is 0.248. The Labute approximate surface area is 149 Å². The lowest BCUT2D eigenvalue weighted by Crippen LogP contribution is -2.36. The number of amides is 2. The van der Waals surface area contributed by atoms with Gasteiger partial charge in [0, 0.05) is 11.7 Å². The number of methoxy groups -OCH3 is 1. The Morgan fingerprint density at radius 1 is 1.20 bits per heavy atom. The molecule has 0 radical (unpaired) electrons. The first-order chi connectivity index (χ1) is 12.1. The number of anilines is 1. The van der Waals surface area contributed by atoms with Crippen molar-refractivity contribution >= 4 is 11.7 Å². The summed E-state index contributed by atoms with van der Waals surface area (Å²) < 4.78 is 5.17. The Hall–Kier alpha value is -2.49. The first-order valence-electron chi connectivity index (χ1n) is 8.94.